The van der Waals surface area contributed by atoms with Gasteiger partial charge in [0.2, 0.25) is 0 Å². The van der Waals surface area contributed by atoms with E-state index in [1.807, 2.05) is 12.1 Å². The highest BCUT2D eigenvalue weighted by atomic mass is 35.5. The van der Waals surface area contributed by atoms with Crippen LogP contribution in [0.1, 0.15) is 0 Å². The zero-order chi connectivity index (χ0) is 20.6. The summed E-state index contributed by atoms with van der Waals surface area (Å²) < 4.78 is 10.7. The molecule has 29 heavy (non-hydrogen) atoms. The van der Waals surface area contributed by atoms with E-state index < -0.39 is 0 Å². The monoisotopic (exact) mass is 437 g/mol. The molecule has 3 rings (SSSR count). The summed E-state index contributed by atoms with van der Waals surface area (Å²) in [5, 5.41) is 3.80. The molecule has 1 aliphatic rings. The highest BCUT2D eigenvalue weighted by Gasteiger charge is 2.17. The predicted molar refractivity (Wildman–Crippen MR) is 117 cm³/mol. The van der Waals surface area contributed by atoms with Crippen LogP contribution in [0.4, 0.5) is 5.69 Å². The minimum absolute atomic E-state index is 0.0768. The quantitative estimate of drug-likeness (QED) is 0.686. The fourth-order valence-corrected chi connectivity index (χ4v) is 3.63. The van der Waals surface area contributed by atoms with Gasteiger partial charge in [-0.15, -0.1) is 0 Å². The summed E-state index contributed by atoms with van der Waals surface area (Å²) in [6, 6.07) is 13.0. The molecular formula is C21H25Cl2N3O3. The number of nitrogens with one attached hydrogen (secondary N) is 1. The van der Waals surface area contributed by atoms with E-state index in [9.17, 15) is 4.79 Å². The van der Waals surface area contributed by atoms with E-state index in [0.29, 0.717) is 22.3 Å². The molecule has 1 saturated heterocycles. The van der Waals surface area contributed by atoms with Crippen LogP contribution in [0.3, 0.4) is 0 Å². The van der Waals surface area contributed by atoms with Crippen molar-refractivity contribution in [3.8, 4) is 11.5 Å². The number of anilines is 1. The van der Waals surface area contributed by atoms with Crippen molar-refractivity contribution in [2.75, 3.05) is 57.9 Å². The summed E-state index contributed by atoms with van der Waals surface area (Å²) >= 11 is 11.9. The van der Waals surface area contributed by atoms with Crippen LogP contribution in [0.5, 0.6) is 11.5 Å². The molecule has 1 amide bonds. The van der Waals surface area contributed by atoms with Crippen molar-refractivity contribution < 1.29 is 14.3 Å². The molecule has 1 aliphatic heterocycles. The van der Waals surface area contributed by atoms with Crippen LogP contribution >= 0.6 is 23.2 Å². The molecule has 1 fully saturated rings. The number of ether oxygens (including phenoxy) is 2. The Balaban J connectivity index is 1.33. The highest BCUT2D eigenvalue weighted by molar-refractivity contribution is 6.35. The largest absolute Gasteiger partial charge is 0.497 e. The Morgan fingerprint density at radius 1 is 1.07 bits per heavy atom. The number of piperazine rings is 1. The maximum absolute atomic E-state index is 12.0. The molecule has 2 aromatic rings. The Morgan fingerprint density at radius 2 is 1.79 bits per heavy atom. The van der Waals surface area contributed by atoms with E-state index in [4.69, 9.17) is 32.7 Å². The van der Waals surface area contributed by atoms with Crippen molar-refractivity contribution in [3.63, 3.8) is 0 Å². The first-order valence-corrected chi connectivity index (χ1v) is 10.3. The highest BCUT2D eigenvalue weighted by Crippen LogP contribution is 2.27. The zero-order valence-electron chi connectivity index (χ0n) is 16.4. The van der Waals surface area contributed by atoms with Gasteiger partial charge in [-0.05, 0) is 42.5 Å². The Morgan fingerprint density at radius 3 is 2.45 bits per heavy atom. The van der Waals surface area contributed by atoms with Gasteiger partial charge in [-0.25, -0.2) is 0 Å². The van der Waals surface area contributed by atoms with Crippen LogP contribution < -0.4 is 19.7 Å². The third-order valence-electron chi connectivity index (χ3n) is 4.81. The topological polar surface area (TPSA) is 54.0 Å². The molecule has 0 aromatic heterocycles. The van der Waals surface area contributed by atoms with Crippen LogP contribution in [0.2, 0.25) is 10.0 Å². The number of hydrogen-bond donors (Lipinski definition) is 1. The fraction of sp³-hybridized carbons (Fsp3) is 0.381. The lowest BCUT2D eigenvalue weighted by Gasteiger charge is -2.36. The van der Waals surface area contributed by atoms with Crippen LogP contribution in [-0.4, -0.2) is 63.8 Å². The van der Waals surface area contributed by atoms with Gasteiger partial charge >= 0.3 is 0 Å². The summed E-state index contributed by atoms with van der Waals surface area (Å²) in [6.07, 6.45) is 0. The Kier molecular flexibility index (Phi) is 7.86. The van der Waals surface area contributed by atoms with Crippen molar-refractivity contribution in [2.45, 2.75) is 0 Å². The molecule has 0 spiro atoms. The van der Waals surface area contributed by atoms with E-state index in [1.165, 1.54) is 5.69 Å². The van der Waals surface area contributed by atoms with Crippen LogP contribution in [-0.2, 0) is 4.79 Å². The standard InChI is InChI=1S/C21H25Cl2N3O3/c1-28-18-5-3-17(4-6-18)26-12-10-25(11-13-26)9-8-24-21(27)15-29-20-7-2-16(22)14-19(20)23/h2-7,14H,8-13,15H2,1H3,(H,24,27). The maximum Gasteiger partial charge on any atom is 0.257 e. The minimum Gasteiger partial charge on any atom is -0.497 e. The number of amides is 1. The second-order valence-corrected chi connectivity index (χ2v) is 7.58. The van der Waals surface area contributed by atoms with Gasteiger partial charge in [0, 0.05) is 50.0 Å². The molecule has 8 heteroatoms. The Labute approximate surface area is 181 Å². The smallest absolute Gasteiger partial charge is 0.257 e. The third-order valence-corrected chi connectivity index (χ3v) is 5.34. The molecule has 0 atom stereocenters. The van der Waals surface area contributed by atoms with Crippen LogP contribution in [0.25, 0.3) is 0 Å². The van der Waals surface area contributed by atoms with Gasteiger partial charge in [-0.2, -0.15) is 0 Å². The first kappa shape index (κ1) is 21.6. The molecule has 1 heterocycles. The van der Waals surface area contributed by atoms with E-state index in [0.717, 1.165) is 38.5 Å². The number of carbonyl (C=O) groups excluding carboxylic acids is 1. The molecule has 0 bridgehead atoms. The summed E-state index contributed by atoms with van der Waals surface area (Å²) in [5.41, 5.74) is 1.21. The first-order chi connectivity index (χ1) is 14.0. The van der Waals surface area contributed by atoms with E-state index in [2.05, 4.69) is 27.2 Å². The normalized spacial score (nSPS) is 14.5. The number of halogens is 2. The molecule has 156 valence electrons. The van der Waals surface area contributed by atoms with Gasteiger partial charge < -0.3 is 19.7 Å². The first-order valence-electron chi connectivity index (χ1n) is 9.51. The van der Waals surface area contributed by atoms with Crippen molar-refractivity contribution in [1.82, 2.24) is 10.2 Å². The SMILES string of the molecule is COc1ccc(N2CCN(CCNC(=O)COc3ccc(Cl)cc3Cl)CC2)cc1. The maximum atomic E-state index is 12.0. The second kappa shape index (κ2) is 10.6. The van der Waals surface area contributed by atoms with E-state index >= 15 is 0 Å². The molecule has 1 N–H and O–H groups in total. The lowest BCUT2D eigenvalue weighted by molar-refractivity contribution is -0.123. The number of hydrogen-bond acceptors (Lipinski definition) is 5. The average Bonchev–Trinajstić information content (AvgIpc) is 2.74. The van der Waals surface area contributed by atoms with Crippen molar-refractivity contribution in [3.05, 3.63) is 52.5 Å². The average molecular weight is 438 g/mol. The van der Waals surface area contributed by atoms with Gasteiger partial charge in [0.25, 0.3) is 5.91 Å². The van der Waals surface area contributed by atoms with Gasteiger partial charge in [-0.1, -0.05) is 23.2 Å². The Hall–Kier alpha value is -2.15. The molecule has 0 unspecified atom stereocenters. The number of methoxy groups -OCH3 is 1. The second-order valence-electron chi connectivity index (χ2n) is 6.74. The van der Waals surface area contributed by atoms with Gasteiger partial charge in [-0.3, -0.25) is 9.69 Å². The summed E-state index contributed by atoms with van der Waals surface area (Å²) in [4.78, 5) is 16.7. The Bertz CT molecular complexity index is 809. The molecule has 6 nitrogen and oxygen atoms in total. The van der Waals surface area contributed by atoms with Crippen LogP contribution in [0.15, 0.2) is 42.5 Å². The van der Waals surface area contributed by atoms with E-state index in [1.54, 1.807) is 25.3 Å². The summed E-state index contributed by atoms with van der Waals surface area (Å²) in [6.45, 7) is 5.14. The minimum atomic E-state index is -0.173. The molecule has 2 aromatic carbocycles. The van der Waals surface area contributed by atoms with E-state index in [-0.39, 0.29) is 12.5 Å². The number of carbonyl (C=O) groups is 1. The number of benzene rings is 2. The molecule has 0 radical (unpaired) electrons. The molecule has 0 aliphatic carbocycles. The lowest BCUT2D eigenvalue weighted by Crippen LogP contribution is -2.48. The number of nitrogens with zero attached hydrogens (tertiary/aromatic N) is 2. The summed E-state index contributed by atoms with van der Waals surface area (Å²) in [7, 11) is 1.67. The molecule has 0 saturated carbocycles. The van der Waals surface area contributed by atoms with Crippen molar-refractivity contribution >= 4 is 34.8 Å². The number of rotatable bonds is 8. The van der Waals surface area contributed by atoms with Gasteiger partial charge in [0.1, 0.15) is 11.5 Å². The van der Waals surface area contributed by atoms with Crippen molar-refractivity contribution in [2.24, 2.45) is 0 Å². The predicted octanol–water partition coefficient (Wildman–Crippen LogP) is 3.32. The fourth-order valence-electron chi connectivity index (χ4n) is 3.16. The summed E-state index contributed by atoms with van der Waals surface area (Å²) in [5.74, 6) is 1.14. The van der Waals surface area contributed by atoms with Gasteiger partial charge in [0.15, 0.2) is 6.61 Å². The van der Waals surface area contributed by atoms with Crippen LogP contribution in [0, 0.1) is 0 Å². The van der Waals surface area contributed by atoms with Crippen molar-refractivity contribution in [1.29, 1.82) is 0 Å². The van der Waals surface area contributed by atoms with Gasteiger partial charge in [0.05, 0.1) is 12.1 Å². The third kappa shape index (κ3) is 6.42. The zero-order valence-corrected chi connectivity index (χ0v) is 17.9. The molecular weight excluding hydrogens is 413 g/mol. The lowest BCUT2D eigenvalue weighted by atomic mass is 10.2.